The molecule has 0 aliphatic rings. The molecular formula is C26H25FN2O5S. The highest BCUT2D eigenvalue weighted by Crippen LogP contribution is 2.33. The summed E-state index contributed by atoms with van der Waals surface area (Å²) < 4.78 is 56.6. The maximum Gasteiger partial charge on any atom is 0.233 e. The third-order valence-electron chi connectivity index (χ3n) is 5.25. The van der Waals surface area contributed by atoms with E-state index in [-0.39, 0.29) is 21.7 Å². The van der Waals surface area contributed by atoms with Crippen molar-refractivity contribution >= 4 is 15.7 Å². The summed E-state index contributed by atoms with van der Waals surface area (Å²) in [6.45, 7) is 2.81. The lowest BCUT2D eigenvalue weighted by Gasteiger charge is -2.07. The van der Waals surface area contributed by atoms with Crippen LogP contribution in [0.4, 0.5) is 10.3 Å². The minimum atomic E-state index is -4.07. The van der Waals surface area contributed by atoms with Gasteiger partial charge in [0.1, 0.15) is 17.3 Å². The summed E-state index contributed by atoms with van der Waals surface area (Å²) in [6.07, 6.45) is 0.610. The first-order valence-corrected chi connectivity index (χ1v) is 12.5. The Hall–Kier alpha value is -3.85. The van der Waals surface area contributed by atoms with Crippen LogP contribution in [0.15, 0.2) is 87.1 Å². The van der Waals surface area contributed by atoms with E-state index in [1.807, 2.05) is 31.2 Å². The summed E-state index contributed by atoms with van der Waals surface area (Å²) in [6, 6.07) is 19.2. The second kappa shape index (κ2) is 10.6. The molecule has 0 radical (unpaired) electrons. The number of rotatable bonds is 10. The highest BCUT2D eigenvalue weighted by Gasteiger charge is 2.28. The summed E-state index contributed by atoms with van der Waals surface area (Å²) >= 11 is 0. The molecule has 7 nitrogen and oxygen atoms in total. The van der Waals surface area contributed by atoms with Crippen LogP contribution in [0.5, 0.6) is 11.5 Å². The predicted octanol–water partition coefficient (Wildman–Crippen LogP) is 5.38. The van der Waals surface area contributed by atoms with Gasteiger partial charge in [0.2, 0.25) is 26.6 Å². The molecule has 35 heavy (non-hydrogen) atoms. The molecule has 0 amide bonds. The normalized spacial score (nSPS) is 11.3. The number of sulfone groups is 1. The van der Waals surface area contributed by atoms with Crippen molar-refractivity contribution in [2.45, 2.75) is 23.3 Å². The predicted molar refractivity (Wildman–Crippen MR) is 130 cm³/mol. The van der Waals surface area contributed by atoms with E-state index in [1.54, 1.807) is 31.4 Å². The quantitative estimate of drug-likeness (QED) is 0.295. The molecule has 0 unspecified atom stereocenters. The number of hydrogen-bond acceptors (Lipinski definition) is 7. The van der Waals surface area contributed by atoms with Crippen LogP contribution in [0.3, 0.4) is 0 Å². The number of aromatic nitrogens is 1. The van der Waals surface area contributed by atoms with Crippen molar-refractivity contribution < 1.29 is 26.7 Å². The van der Waals surface area contributed by atoms with Crippen molar-refractivity contribution in [1.29, 1.82) is 0 Å². The number of benzene rings is 3. The summed E-state index contributed by atoms with van der Waals surface area (Å²) in [7, 11) is -2.47. The molecule has 0 atom stereocenters. The molecule has 1 heterocycles. The first-order valence-electron chi connectivity index (χ1n) is 11.0. The highest BCUT2D eigenvalue weighted by molar-refractivity contribution is 7.91. The minimum absolute atomic E-state index is 0.0201. The monoisotopic (exact) mass is 496 g/mol. The van der Waals surface area contributed by atoms with Crippen LogP contribution < -0.4 is 14.8 Å². The molecule has 0 spiro atoms. The molecule has 9 heteroatoms. The highest BCUT2D eigenvalue weighted by atomic mass is 32.2. The average molecular weight is 497 g/mol. The zero-order valence-corrected chi connectivity index (χ0v) is 20.1. The van der Waals surface area contributed by atoms with Gasteiger partial charge in [-0.25, -0.2) is 12.8 Å². The molecule has 1 aromatic heterocycles. The number of nitrogens with zero attached hydrogens (tertiary/aromatic N) is 1. The average Bonchev–Trinajstić information content (AvgIpc) is 3.30. The van der Waals surface area contributed by atoms with Crippen LogP contribution in [0.2, 0.25) is 0 Å². The van der Waals surface area contributed by atoms with Crippen molar-refractivity contribution in [2.24, 2.45) is 0 Å². The lowest BCUT2D eigenvalue weighted by molar-refractivity contribution is 0.340. The number of methoxy groups -OCH3 is 1. The van der Waals surface area contributed by atoms with E-state index in [9.17, 15) is 12.8 Å². The third kappa shape index (κ3) is 5.63. The summed E-state index contributed by atoms with van der Waals surface area (Å²) in [5.74, 6) is 1.06. The fourth-order valence-electron chi connectivity index (χ4n) is 3.42. The topological polar surface area (TPSA) is 90.7 Å². The van der Waals surface area contributed by atoms with E-state index < -0.39 is 15.7 Å². The van der Waals surface area contributed by atoms with Crippen LogP contribution >= 0.6 is 0 Å². The Bertz CT molecular complexity index is 1370. The smallest absolute Gasteiger partial charge is 0.233 e. The molecule has 0 saturated heterocycles. The fourth-order valence-corrected chi connectivity index (χ4v) is 4.70. The Labute approximate surface area is 203 Å². The van der Waals surface area contributed by atoms with Crippen molar-refractivity contribution in [3.63, 3.8) is 0 Å². The number of oxazole rings is 1. The summed E-state index contributed by atoms with van der Waals surface area (Å²) in [5.41, 5.74) is 1.62. The van der Waals surface area contributed by atoms with Gasteiger partial charge in [0.05, 0.1) is 18.6 Å². The molecule has 0 fully saturated rings. The molecule has 4 aromatic rings. The molecule has 0 aliphatic heterocycles. The minimum Gasteiger partial charge on any atom is -0.497 e. The standard InChI is InChI=1S/C26H25FN2O5S/c1-3-33-22-12-6-19(7-13-22)24-29-26(35(30,31)23-14-8-20(27)9-15-23)25(34-24)28-17-16-18-4-10-21(32-2)11-5-18/h4-15,28H,3,16-17H2,1-2H3. The molecule has 0 bridgehead atoms. The Morgan fingerprint density at radius 3 is 2.23 bits per heavy atom. The SMILES string of the molecule is CCOc1ccc(-c2nc(S(=O)(=O)c3ccc(F)cc3)c(NCCc3ccc(OC)cc3)o2)cc1. The first-order chi connectivity index (χ1) is 16.9. The zero-order valence-electron chi connectivity index (χ0n) is 19.3. The van der Waals surface area contributed by atoms with Gasteiger partial charge >= 0.3 is 0 Å². The number of anilines is 1. The molecule has 0 aliphatic carbocycles. The van der Waals surface area contributed by atoms with Crippen molar-refractivity contribution in [1.82, 2.24) is 4.98 Å². The van der Waals surface area contributed by atoms with Crippen LogP contribution in [-0.4, -0.2) is 33.7 Å². The van der Waals surface area contributed by atoms with Gasteiger partial charge in [-0.3, -0.25) is 0 Å². The maximum absolute atomic E-state index is 13.4. The maximum atomic E-state index is 13.4. The molecule has 1 N–H and O–H groups in total. The van der Waals surface area contributed by atoms with Crippen molar-refractivity contribution in [3.8, 4) is 23.0 Å². The number of hydrogen-bond donors (Lipinski definition) is 1. The Morgan fingerprint density at radius 1 is 0.943 bits per heavy atom. The second-order valence-corrected chi connectivity index (χ2v) is 9.46. The third-order valence-corrected chi connectivity index (χ3v) is 6.92. The Balaban J connectivity index is 1.63. The number of halogens is 1. The molecular weight excluding hydrogens is 471 g/mol. The molecule has 4 rings (SSSR count). The van der Waals surface area contributed by atoms with Gasteiger partial charge in [-0.05, 0) is 79.6 Å². The van der Waals surface area contributed by atoms with E-state index in [1.165, 1.54) is 12.1 Å². The Kier molecular flexibility index (Phi) is 7.36. The van der Waals surface area contributed by atoms with Gasteiger partial charge in [-0.2, -0.15) is 4.98 Å². The van der Waals surface area contributed by atoms with Crippen LogP contribution in [0.1, 0.15) is 12.5 Å². The van der Waals surface area contributed by atoms with Gasteiger partial charge in [0, 0.05) is 12.1 Å². The van der Waals surface area contributed by atoms with E-state index in [0.717, 1.165) is 23.4 Å². The van der Waals surface area contributed by atoms with E-state index in [2.05, 4.69) is 10.3 Å². The summed E-state index contributed by atoms with van der Waals surface area (Å²) in [4.78, 5) is 4.23. The van der Waals surface area contributed by atoms with E-state index in [0.29, 0.717) is 30.9 Å². The van der Waals surface area contributed by atoms with Crippen LogP contribution in [0, 0.1) is 5.82 Å². The fraction of sp³-hybridized carbons (Fsp3) is 0.192. The number of nitrogens with one attached hydrogen (secondary N) is 1. The van der Waals surface area contributed by atoms with E-state index in [4.69, 9.17) is 13.9 Å². The van der Waals surface area contributed by atoms with Gasteiger partial charge < -0.3 is 19.2 Å². The summed E-state index contributed by atoms with van der Waals surface area (Å²) in [5, 5.41) is 2.80. The van der Waals surface area contributed by atoms with Gasteiger partial charge in [-0.1, -0.05) is 12.1 Å². The van der Waals surface area contributed by atoms with Gasteiger partial charge in [0.25, 0.3) is 0 Å². The molecule has 0 saturated carbocycles. The Morgan fingerprint density at radius 2 is 1.60 bits per heavy atom. The van der Waals surface area contributed by atoms with E-state index >= 15 is 0 Å². The molecule has 182 valence electrons. The second-order valence-electron chi connectivity index (χ2n) is 7.59. The largest absolute Gasteiger partial charge is 0.497 e. The van der Waals surface area contributed by atoms with Crippen molar-refractivity contribution in [2.75, 3.05) is 25.6 Å². The molecule has 3 aromatic carbocycles. The van der Waals surface area contributed by atoms with Crippen LogP contribution in [-0.2, 0) is 16.3 Å². The van der Waals surface area contributed by atoms with Crippen molar-refractivity contribution in [3.05, 3.63) is 84.2 Å². The van der Waals surface area contributed by atoms with Gasteiger partial charge in [-0.15, -0.1) is 0 Å². The number of ether oxygens (including phenoxy) is 2. The van der Waals surface area contributed by atoms with Gasteiger partial charge in [0.15, 0.2) is 0 Å². The van der Waals surface area contributed by atoms with Crippen LogP contribution in [0.25, 0.3) is 11.5 Å². The zero-order chi connectivity index (χ0) is 24.8. The first kappa shape index (κ1) is 24.3. The lowest BCUT2D eigenvalue weighted by Crippen LogP contribution is -2.10. The lowest BCUT2D eigenvalue weighted by atomic mass is 10.1.